The zero-order valence-electron chi connectivity index (χ0n) is 8.32. The highest BCUT2D eigenvalue weighted by atomic mass is 36.0. The number of aromatic carboxylic acids is 1. The zero-order valence-corrected chi connectivity index (χ0v) is 10.7. The van der Waals surface area contributed by atoms with Gasteiger partial charge in [0.05, 0.1) is 11.1 Å². The van der Waals surface area contributed by atoms with E-state index in [0.717, 1.165) is 0 Å². The molecule has 0 atom stereocenters. The molecule has 1 rings (SSSR count). The van der Waals surface area contributed by atoms with Gasteiger partial charge in [0.15, 0.2) is 6.01 Å². The minimum Gasteiger partial charge on any atom is -0.478 e. The zero-order chi connectivity index (χ0) is 13.1. The van der Waals surface area contributed by atoms with Crippen LogP contribution in [0.1, 0.15) is 20.7 Å². The van der Waals surface area contributed by atoms with Gasteiger partial charge in [0.25, 0.3) is 5.91 Å². The van der Waals surface area contributed by atoms with Crippen molar-refractivity contribution in [3.05, 3.63) is 35.4 Å². The van der Waals surface area contributed by atoms with Crippen molar-refractivity contribution in [1.82, 2.24) is 4.72 Å². The van der Waals surface area contributed by atoms with E-state index in [1.54, 1.807) is 0 Å². The van der Waals surface area contributed by atoms with Crippen LogP contribution in [0.15, 0.2) is 24.3 Å². The van der Waals surface area contributed by atoms with Crippen molar-refractivity contribution in [2.45, 2.75) is 0 Å². The van der Waals surface area contributed by atoms with Gasteiger partial charge in [-0.3, -0.25) is 9.52 Å². The number of halogens is 3. The fraction of sp³-hybridized carbons (Fsp3) is 0.111. The van der Waals surface area contributed by atoms with E-state index < -0.39 is 26.5 Å². The third-order valence-electron chi connectivity index (χ3n) is 1.78. The summed E-state index contributed by atoms with van der Waals surface area (Å²) in [4.78, 5) is 22.5. The first-order valence-electron chi connectivity index (χ1n) is 4.28. The molecule has 17 heavy (non-hydrogen) atoms. The standard InChI is InChI=1S/C9H8Cl2FNO3S/c10-17(11,5-12)13-8(14)6-3-1-2-4-7(6)9(15)16/h1-4H,5H2,(H,13,14)(H,15,16). The van der Waals surface area contributed by atoms with Gasteiger partial charge in [-0.15, -0.1) is 0 Å². The second-order valence-corrected chi connectivity index (χ2v) is 8.17. The van der Waals surface area contributed by atoms with Crippen LogP contribution in [0.5, 0.6) is 0 Å². The molecule has 1 aromatic carbocycles. The second kappa shape index (κ2) is 5.57. The lowest BCUT2D eigenvalue weighted by atomic mass is 10.1. The van der Waals surface area contributed by atoms with Crippen LogP contribution < -0.4 is 4.72 Å². The lowest BCUT2D eigenvalue weighted by molar-refractivity contribution is 0.0691. The minimum atomic E-state index is -2.92. The number of carboxylic acid groups (broad SMARTS) is 1. The molecule has 1 aromatic rings. The Bertz CT molecular complexity index is 456. The molecule has 1 amide bonds. The fourth-order valence-corrected chi connectivity index (χ4v) is 1.94. The van der Waals surface area contributed by atoms with Crippen LogP contribution in [-0.4, -0.2) is 23.0 Å². The van der Waals surface area contributed by atoms with Gasteiger partial charge in [-0.1, -0.05) is 12.1 Å². The molecule has 0 bridgehead atoms. The molecule has 0 aliphatic rings. The Morgan fingerprint density at radius 3 is 2.29 bits per heavy atom. The summed E-state index contributed by atoms with van der Waals surface area (Å²) in [6, 6.07) is 4.39. The monoisotopic (exact) mass is 299 g/mol. The number of carbonyl (C=O) groups is 2. The van der Waals surface area contributed by atoms with E-state index in [4.69, 9.17) is 26.5 Å². The summed E-state index contributed by atoms with van der Waals surface area (Å²) in [6.07, 6.45) is 0. The lowest BCUT2D eigenvalue weighted by Gasteiger charge is -2.22. The third kappa shape index (κ3) is 3.76. The fourth-order valence-electron chi connectivity index (χ4n) is 1.09. The van der Waals surface area contributed by atoms with Crippen molar-refractivity contribution in [2.24, 2.45) is 0 Å². The van der Waals surface area contributed by atoms with Crippen LogP contribution in [0.25, 0.3) is 0 Å². The third-order valence-corrected chi connectivity index (χ3v) is 3.50. The number of rotatable bonds is 4. The molecule has 0 radical (unpaired) electrons. The average molecular weight is 300 g/mol. The summed E-state index contributed by atoms with van der Waals surface area (Å²) >= 11 is 0. The van der Waals surface area contributed by atoms with E-state index in [2.05, 4.69) is 4.72 Å². The predicted octanol–water partition coefficient (Wildman–Crippen LogP) is 3.07. The predicted molar refractivity (Wildman–Crippen MR) is 66.1 cm³/mol. The van der Waals surface area contributed by atoms with Crippen LogP contribution >= 0.6 is 30.0 Å². The minimum absolute atomic E-state index is 0.119. The molecule has 0 aromatic heterocycles. The Labute approximate surface area is 107 Å². The number of hydrogen-bond donors (Lipinski definition) is 2. The van der Waals surface area contributed by atoms with E-state index in [0.29, 0.717) is 0 Å². The second-order valence-electron chi connectivity index (χ2n) is 2.97. The van der Waals surface area contributed by atoms with Crippen LogP contribution in [0.4, 0.5) is 4.39 Å². The molecular formula is C9H8Cl2FNO3S. The van der Waals surface area contributed by atoms with Crippen LogP contribution in [0, 0.1) is 0 Å². The first kappa shape index (κ1) is 14.1. The topological polar surface area (TPSA) is 66.4 Å². The molecule has 0 aliphatic carbocycles. The van der Waals surface area contributed by atoms with E-state index in [1.165, 1.54) is 24.3 Å². The number of hydrogen-bond acceptors (Lipinski definition) is 2. The smallest absolute Gasteiger partial charge is 0.336 e. The first-order chi connectivity index (χ1) is 7.87. The Kier molecular flexibility index (Phi) is 4.62. The summed E-state index contributed by atoms with van der Waals surface area (Å²) in [5, 5.41) is 8.86. The van der Waals surface area contributed by atoms with Crippen LogP contribution in [0.2, 0.25) is 0 Å². The number of carboxylic acids is 1. The molecule has 0 fully saturated rings. The molecule has 0 aliphatic heterocycles. The van der Waals surface area contributed by atoms with Crippen molar-refractivity contribution >= 4 is 41.9 Å². The van der Waals surface area contributed by atoms with Gasteiger partial charge in [-0.25, -0.2) is 9.18 Å². The van der Waals surface area contributed by atoms with E-state index in [9.17, 15) is 14.0 Å². The molecule has 8 heteroatoms. The van der Waals surface area contributed by atoms with Crippen molar-refractivity contribution in [3.63, 3.8) is 0 Å². The molecule has 0 saturated heterocycles. The Hall–Kier alpha value is -0.980. The van der Waals surface area contributed by atoms with Gasteiger partial charge in [0.2, 0.25) is 0 Å². The highest BCUT2D eigenvalue weighted by Crippen LogP contribution is 2.54. The van der Waals surface area contributed by atoms with Crippen molar-refractivity contribution in [1.29, 1.82) is 0 Å². The quantitative estimate of drug-likeness (QED) is 0.898. The Morgan fingerprint density at radius 1 is 1.29 bits per heavy atom. The SMILES string of the molecule is O=C(O)c1ccccc1C(=O)NS(Cl)(Cl)CF. The first-order valence-corrected chi connectivity index (χ1v) is 7.73. The Balaban J connectivity index is 3.01. The van der Waals surface area contributed by atoms with Gasteiger partial charge in [-0.2, -0.15) is 0 Å². The maximum Gasteiger partial charge on any atom is 0.336 e. The van der Waals surface area contributed by atoms with E-state index >= 15 is 0 Å². The van der Waals surface area contributed by atoms with Crippen molar-refractivity contribution < 1.29 is 19.1 Å². The number of carbonyl (C=O) groups excluding carboxylic acids is 1. The van der Waals surface area contributed by atoms with Crippen LogP contribution in [0.3, 0.4) is 0 Å². The van der Waals surface area contributed by atoms with Gasteiger partial charge in [0, 0.05) is 8.64 Å². The summed E-state index contributed by atoms with van der Waals surface area (Å²) in [5.74, 6) is -2.08. The van der Waals surface area contributed by atoms with Crippen LogP contribution in [-0.2, 0) is 0 Å². The van der Waals surface area contributed by atoms with Crippen molar-refractivity contribution in [3.8, 4) is 0 Å². The largest absolute Gasteiger partial charge is 0.478 e. The Morgan fingerprint density at radius 2 is 1.82 bits per heavy atom. The molecule has 0 spiro atoms. The lowest BCUT2D eigenvalue weighted by Crippen LogP contribution is -2.24. The number of amides is 1. The molecular weight excluding hydrogens is 292 g/mol. The van der Waals surface area contributed by atoms with E-state index in [-0.39, 0.29) is 11.1 Å². The highest BCUT2D eigenvalue weighted by molar-refractivity contribution is 8.64. The maximum absolute atomic E-state index is 12.3. The molecule has 0 unspecified atom stereocenters. The molecule has 0 saturated carbocycles. The van der Waals surface area contributed by atoms with Gasteiger partial charge in [-0.05, 0) is 33.5 Å². The average Bonchev–Trinajstić information content (AvgIpc) is 2.28. The van der Waals surface area contributed by atoms with Gasteiger partial charge >= 0.3 is 5.97 Å². The molecule has 94 valence electrons. The summed E-state index contributed by atoms with van der Waals surface area (Å²) in [7, 11) is 8.06. The molecule has 4 nitrogen and oxygen atoms in total. The normalized spacial score (nSPS) is 11.9. The summed E-state index contributed by atoms with van der Waals surface area (Å²) in [6.45, 7) is 0. The van der Waals surface area contributed by atoms with Crippen molar-refractivity contribution in [2.75, 3.05) is 6.01 Å². The van der Waals surface area contributed by atoms with Gasteiger partial charge in [0.1, 0.15) is 0 Å². The highest BCUT2D eigenvalue weighted by Gasteiger charge is 2.24. The summed E-state index contributed by atoms with van der Waals surface area (Å²) in [5.41, 5.74) is -0.320. The number of nitrogens with one attached hydrogen (secondary N) is 1. The van der Waals surface area contributed by atoms with E-state index in [1.807, 2.05) is 0 Å². The number of alkyl halides is 1. The number of benzene rings is 1. The molecule has 2 N–H and O–H groups in total. The summed E-state index contributed by atoms with van der Waals surface area (Å²) < 4.78 is 14.4. The van der Waals surface area contributed by atoms with Gasteiger partial charge < -0.3 is 5.11 Å². The maximum atomic E-state index is 12.3. The molecule has 0 heterocycles.